The number of carbonyl (C=O) groups is 1. The van der Waals surface area contributed by atoms with Crippen molar-refractivity contribution in [3.8, 4) is 11.3 Å². The number of likely N-dealkylation sites (tertiary alicyclic amines) is 1. The van der Waals surface area contributed by atoms with E-state index in [-0.39, 0.29) is 5.91 Å². The number of aliphatic imine (C=N–C) groups is 1. The molecule has 0 unspecified atom stereocenters. The number of nitrogens with zero attached hydrogens (tertiary/aromatic N) is 6. The van der Waals surface area contributed by atoms with Gasteiger partial charge in [-0.15, -0.1) is 0 Å². The first-order valence-electron chi connectivity index (χ1n) is 13.8. The van der Waals surface area contributed by atoms with Gasteiger partial charge in [0, 0.05) is 55.9 Å². The van der Waals surface area contributed by atoms with Crippen molar-refractivity contribution >= 4 is 45.5 Å². The SMILES string of the molecule is CCCN1CCN(c2ccc(-c3ncnc4ccc(C=C5SC(N6CCCCC6)=NC5=O)cc34)cc2)CC1. The van der Waals surface area contributed by atoms with E-state index in [2.05, 4.69) is 66.9 Å². The van der Waals surface area contributed by atoms with Gasteiger partial charge >= 0.3 is 0 Å². The van der Waals surface area contributed by atoms with E-state index in [0.717, 1.165) is 85.0 Å². The molecule has 3 aliphatic rings. The minimum absolute atomic E-state index is 0.147. The van der Waals surface area contributed by atoms with Crippen LogP contribution in [-0.4, -0.2) is 76.7 Å². The Morgan fingerprint density at radius 2 is 1.68 bits per heavy atom. The fourth-order valence-corrected chi connectivity index (χ4v) is 6.50. The summed E-state index contributed by atoms with van der Waals surface area (Å²) >= 11 is 1.49. The monoisotopic (exact) mass is 526 g/mol. The molecule has 1 aromatic heterocycles. The molecule has 0 radical (unpaired) electrons. The molecule has 0 atom stereocenters. The second-order valence-electron chi connectivity index (χ2n) is 10.2. The van der Waals surface area contributed by atoms with E-state index in [1.54, 1.807) is 6.33 Å². The Kier molecular flexibility index (Phi) is 7.42. The van der Waals surface area contributed by atoms with Crippen molar-refractivity contribution in [2.45, 2.75) is 32.6 Å². The van der Waals surface area contributed by atoms with Crippen LogP contribution in [0.1, 0.15) is 38.2 Å². The van der Waals surface area contributed by atoms with Crippen LogP contribution >= 0.6 is 11.8 Å². The molecular formula is C30H34N6OS. The molecule has 7 nitrogen and oxygen atoms in total. The van der Waals surface area contributed by atoms with Crippen molar-refractivity contribution in [2.75, 3.05) is 50.7 Å². The summed E-state index contributed by atoms with van der Waals surface area (Å²) in [4.78, 5) is 34.1. The first-order valence-corrected chi connectivity index (χ1v) is 14.6. The van der Waals surface area contributed by atoms with Crippen LogP contribution in [0.4, 0.5) is 5.69 Å². The Hall–Kier alpha value is -3.23. The molecule has 4 heterocycles. The summed E-state index contributed by atoms with van der Waals surface area (Å²) in [7, 11) is 0. The number of thioether (sulfide) groups is 1. The van der Waals surface area contributed by atoms with Crippen molar-refractivity contribution in [1.82, 2.24) is 19.8 Å². The highest BCUT2D eigenvalue weighted by Crippen LogP contribution is 2.33. The van der Waals surface area contributed by atoms with Gasteiger partial charge in [-0.25, -0.2) is 9.97 Å². The molecule has 6 rings (SSSR count). The van der Waals surface area contributed by atoms with Gasteiger partial charge in [0.25, 0.3) is 5.91 Å². The molecule has 0 saturated carbocycles. The lowest BCUT2D eigenvalue weighted by Crippen LogP contribution is -2.46. The molecule has 2 aromatic carbocycles. The van der Waals surface area contributed by atoms with Crippen molar-refractivity contribution in [3.63, 3.8) is 0 Å². The lowest BCUT2D eigenvalue weighted by Gasteiger charge is -2.36. The number of anilines is 1. The van der Waals surface area contributed by atoms with Crippen LogP contribution in [0.2, 0.25) is 0 Å². The van der Waals surface area contributed by atoms with Gasteiger partial charge in [-0.05, 0) is 79.9 Å². The molecule has 0 N–H and O–H groups in total. The number of carbonyl (C=O) groups excluding carboxylic acids is 1. The number of fused-ring (bicyclic) bond motifs is 1. The van der Waals surface area contributed by atoms with Gasteiger partial charge in [-0.1, -0.05) is 25.1 Å². The van der Waals surface area contributed by atoms with Gasteiger partial charge in [0.05, 0.1) is 16.1 Å². The Bertz CT molecular complexity index is 1370. The van der Waals surface area contributed by atoms with Gasteiger partial charge in [0.15, 0.2) is 5.17 Å². The van der Waals surface area contributed by atoms with E-state index >= 15 is 0 Å². The Morgan fingerprint density at radius 3 is 2.45 bits per heavy atom. The maximum absolute atomic E-state index is 12.7. The first kappa shape index (κ1) is 25.1. The van der Waals surface area contributed by atoms with Gasteiger partial charge in [0.1, 0.15) is 6.33 Å². The van der Waals surface area contributed by atoms with Crippen LogP contribution in [-0.2, 0) is 4.79 Å². The van der Waals surface area contributed by atoms with Crippen molar-refractivity contribution in [1.29, 1.82) is 0 Å². The summed E-state index contributed by atoms with van der Waals surface area (Å²) in [5.41, 5.74) is 5.09. The highest BCUT2D eigenvalue weighted by molar-refractivity contribution is 8.18. The molecule has 2 fully saturated rings. The van der Waals surface area contributed by atoms with Crippen LogP contribution in [0.15, 0.2) is 58.7 Å². The molecule has 196 valence electrons. The van der Waals surface area contributed by atoms with Crippen molar-refractivity contribution in [3.05, 3.63) is 59.3 Å². The highest BCUT2D eigenvalue weighted by Gasteiger charge is 2.27. The lowest BCUT2D eigenvalue weighted by molar-refractivity contribution is -0.113. The number of hydrogen-bond donors (Lipinski definition) is 0. The molecule has 0 aliphatic carbocycles. The molecule has 0 bridgehead atoms. The molecule has 3 aromatic rings. The fraction of sp³-hybridized carbons (Fsp3) is 0.400. The number of amides is 1. The van der Waals surface area contributed by atoms with Crippen molar-refractivity contribution in [2.24, 2.45) is 4.99 Å². The van der Waals surface area contributed by atoms with Crippen LogP contribution in [0.3, 0.4) is 0 Å². The van der Waals surface area contributed by atoms with E-state index in [9.17, 15) is 4.79 Å². The van der Waals surface area contributed by atoms with E-state index < -0.39 is 0 Å². The summed E-state index contributed by atoms with van der Waals surface area (Å²) in [6.45, 7) is 9.77. The number of aromatic nitrogens is 2. The minimum Gasteiger partial charge on any atom is -0.369 e. The average molecular weight is 527 g/mol. The molecule has 8 heteroatoms. The Labute approximate surface area is 228 Å². The standard InChI is InChI=1S/C30H34N6OS/c1-2-12-34-15-17-35(18-16-34)24-9-7-23(8-10-24)28-25-19-22(6-11-26(25)31-21-32-28)20-27-29(37)33-30(38-27)36-13-4-3-5-14-36/h6-11,19-21H,2-5,12-18H2,1H3. The molecule has 38 heavy (non-hydrogen) atoms. The zero-order valence-corrected chi connectivity index (χ0v) is 22.8. The van der Waals surface area contributed by atoms with Gasteiger partial charge in [0.2, 0.25) is 0 Å². The van der Waals surface area contributed by atoms with E-state index in [1.165, 1.54) is 36.8 Å². The summed E-state index contributed by atoms with van der Waals surface area (Å²) in [6, 6.07) is 14.8. The Balaban J connectivity index is 1.22. The van der Waals surface area contributed by atoms with Gasteiger partial charge in [-0.2, -0.15) is 4.99 Å². The Morgan fingerprint density at radius 1 is 0.895 bits per heavy atom. The van der Waals surface area contributed by atoms with E-state index in [4.69, 9.17) is 0 Å². The van der Waals surface area contributed by atoms with Crippen LogP contribution in [0, 0.1) is 0 Å². The summed E-state index contributed by atoms with van der Waals surface area (Å²) in [5, 5.41) is 1.83. The smallest absolute Gasteiger partial charge is 0.286 e. The highest BCUT2D eigenvalue weighted by atomic mass is 32.2. The fourth-order valence-electron chi connectivity index (χ4n) is 5.54. The zero-order chi connectivity index (χ0) is 25.9. The number of hydrogen-bond acceptors (Lipinski definition) is 7. The number of rotatable bonds is 5. The predicted molar refractivity (Wildman–Crippen MR) is 157 cm³/mol. The number of benzene rings is 2. The zero-order valence-electron chi connectivity index (χ0n) is 22.0. The molecule has 3 aliphatic heterocycles. The van der Waals surface area contributed by atoms with Crippen molar-refractivity contribution < 1.29 is 4.79 Å². The number of piperidine rings is 1. The number of amidine groups is 1. The van der Waals surface area contributed by atoms with Crippen LogP contribution in [0.25, 0.3) is 28.2 Å². The second kappa shape index (κ2) is 11.3. The molecule has 2 saturated heterocycles. The molecular weight excluding hydrogens is 492 g/mol. The third-order valence-electron chi connectivity index (χ3n) is 7.61. The maximum atomic E-state index is 12.7. The van der Waals surface area contributed by atoms with Crippen LogP contribution in [0.5, 0.6) is 0 Å². The van der Waals surface area contributed by atoms with E-state index in [1.807, 2.05) is 18.2 Å². The second-order valence-corrected chi connectivity index (χ2v) is 11.2. The van der Waals surface area contributed by atoms with Crippen LogP contribution < -0.4 is 4.90 Å². The molecule has 0 spiro atoms. The quantitative estimate of drug-likeness (QED) is 0.419. The summed E-state index contributed by atoms with van der Waals surface area (Å²) < 4.78 is 0. The summed E-state index contributed by atoms with van der Waals surface area (Å²) in [6.07, 6.45) is 8.37. The topological polar surface area (TPSA) is 64.9 Å². The number of piperazine rings is 1. The first-order chi connectivity index (χ1) is 18.7. The average Bonchev–Trinajstić information content (AvgIpc) is 3.33. The largest absolute Gasteiger partial charge is 0.369 e. The van der Waals surface area contributed by atoms with Gasteiger partial charge in [-0.3, -0.25) is 9.69 Å². The lowest BCUT2D eigenvalue weighted by atomic mass is 10.0. The third-order valence-corrected chi connectivity index (χ3v) is 8.66. The maximum Gasteiger partial charge on any atom is 0.286 e. The third kappa shape index (κ3) is 5.33. The predicted octanol–water partition coefficient (Wildman–Crippen LogP) is 5.29. The normalized spacial score (nSPS) is 20.0. The summed E-state index contributed by atoms with van der Waals surface area (Å²) in [5.74, 6) is -0.147. The minimum atomic E-state index is -0.147. The van der Waals surface area contributed by atoms with Gasteiger partial charge < -0.3 is 9.80 Å². The van der Waals surface area contributed by atoms with E-state index in [0.29, 0.717) is 4.91 Å². The molecule has 1 amide bonds.